The lowest BCUT2D eigenvalue weighted by Crippen LogP contribution is -1.94. The number of carbonyl (C=O) groups is 1. The summed E-state index contributed by atoms with van der Waals surface area (Å²) in [6.07, 6.45) is 3.19. The molecular weight excluding hydrogens is 184 g/mol. The number of rotatable bonds is 2. The third-order valence-electron chi connectivity index (χ3n) is 1.69. The lowest BCUT2D eigenvalue weighted by atomic mass is 10.2. The molecule has 0 saturated carbocycles. The smallest absolute Gasteiger partial charge is 0.358 e. The Bertz CT molecular complexity index is 450. The highest BCUT2D eigenvalue weighted by atomic mass is 16.5. The normalized spacial score (nSPS) is 10.0. The van der Waals surface area contributed by atoms with Crippen LogP contribution in [0.5, 0.6) is 0 Å². The maximum atomic E-state index is 10.5. The Morgan fingerprint density at radius 1 is 1.36 bits per heavy atom. The van der Waals surface area contributed by atoms with Gasteiger partial charge in [0.25, 0.3) is 0 Å². The first-order valence-corrected chi connectivity index (χ1v) is 3.88. The molecule has 5 heteroatoms. The van der Waals surface area contributed by atoms with Crippen LogP contribution in [0.2, 0.25) is 0 Å². The summed E-state index contributed by atoms with van der Waals surface area (Å²) < 4.78 is 4.85. The Morgan fingerprint density at radius 3 is 2.64 bits per heavy atom. The molecule has 0 atom stereocenters. The van der Waals surface area contributed by atoms with Crippen molar-refractivity contribution in [3.05, 3.63) is 36.3 Å². The van der Waals surface area contributed by atoms with Crippen LogP contribution in [0.4, 0.5) is 0 Å². The van der Waals surface area contributed by atoms with Crippen LogP contribution in [0.1, 0.15) is 10.5 Å². The van der Waals surface area contributed by atoms with Gasteiger partial charge in [0.15, 0.2) is 11.5 Å². The molecule has 5 nitrogen and oxygen atoms in total. The van der Waals surface area contributed by atoms with E-state index in [1.165, 1.54) is 6.07 Å². The Morgan fingerprint density at radius 2 is 2.07 bits per heavy atom. The zero-order valence-corrected chi connectivity index (χ0v) is 7.04. The third-order valence-corrected chi connectivity index (χ3v) is 1.69. The molecule has 14 heavy (non-hydrogen) atoms. The highest BCUT2D eigenvalue weighted by Gasteiger charge is 2.11. The molecule has 2 aromatic rings. The number of pyridine rings is 1. The van der Waals surface area contributed by atoms with Crippen molar-refractivity contribution < 1.29 is 14.4 Å². The van der Waals surface area contributed by atoms with Crippen LogP contribution in [0.25, 0.3) is 11.3 Å². The van der Waals surface area contributed by atoms with Crippen molar-refractivity contribution >= 4 is 5.97 Å². The van der Waals surface area contributed by atoms with E-state index in [1.54, 1.807) is 24.5 Å². The number of nitrogens with zero attached hydrogens (tertiary/aromatic N) is 2. The van der Waals surface area contributed by atoms with Gasteiger partial charge in [0, 0.05) is 24.0 Å². The molecule has 2 rings (SSSR count). The second-order valence-corrected chi connectivity index (χ2v) is 2.62. The van der Waals surface area contributed by atoms with E-state index in [2.05, 4.69) is 10.1 Å². The largest absolute Gasteiger partial charge is 0.476 e. The lowest BCUT2D eigenvalue weighted by Gasteiger charge is -1.90. The van der Waals surface area contributed by atoms with Crippen molar-refractivity contribution in [2.45, 2.75) is 0 Å². The molecule has 0 aliphatic carbocycles. The maximum absolute atomic E-state index is 10.5. The van der Waals surface area contributed by atoms with Crippen LogP contribution >= 0.6 is 0 Å². The molecule has 1 N–H and O–H groups in total. The molecule has 0 aliphatic rings. The fourth-order valence-corrected chi connectivity index (χ4v) is 1.03. The summed E-state index contributed by atoms with van der Waals surface area (Å²) in [5.41, 5.74) is 0.650. The summed E-state index contributed by atoms with van der Waals surface area (Å²) in [6, 6.07) is 4.80. The van der Waals surface area contributed by atoms with Crippen LogP contribution in [0, 0.1) is 0 Å². The van der Waals surface area contributed by atoms with E-state index >= 15 is 0 Å². The van der Waals surface area contributed by atoms with Crippen LogP contribution < -0.4 is 0 Å². The minimum absolute atomic E-state index is 0.100. The zero-order chi connectivity index (χ0) is 9.97. The second kappa shape index (κ2) is 3.29. The van der Waals surface area contributed by atoms with Crippen molar-refractivity contribution in [1.82, 2.24) is 10.1 Å². The maximum Gasteiger partial charge on any atom is 0.358 e. The number of carboxylic acids is 1. The summed E-state index contributed by atoms with van der Waals surface area (Å²) >= 11 is 0. The van der Waals surface area contributed by atoms with Crippen LogP contribution in [-0.2, 0) is 0 Å². The molecule has 0 saturated heterocycles. The molecule has 2 heterocycles. The average Bonchev–Trinajstić information content (AvgIpc) is 2.68. The molecule has 0 aliphatic heterocycles. The molecule has 0 amide bonds. The number of carboxylic acid groups (broad SMARTS) is 1. The van der Waals surface area contributed by atoms with Crippen molar-refractivity contribution in [1.29, 1.82) is 0 Å². The van der Waals surface area contributed by atoms with Gasteiger partial charge in [0.1, 0.15) is 0 Å². The molecule has 0 bridgehead atoms. The predicted octanol–water partition coefficient (Wildman–Crippen LogP) is 1.43. The average molecular weight is 190 g/mol. The van der Waals surface area contributed by atoms with Gasteiger partial charge >= 0.3 is 5.97 Å². The van der Waals surface area contributed by atoms with Gasteiger partial charge in [-0.25, -0.2) is 4.79 Å². The van der Waals surface area contributed by atoms with Gasteiger partial charge in [-0.2, -0.15) is 0 Å². The van der Waals surface area contributed by atoms with Crippen LogP contribution in [0.3, 0.4) is 0 Å². The molecule has 0 unspecified atom stereocenters. The van der Waals surface area contributed by atoms with E-state index in [0.29, 0.717) is 5.76 Å². The number of aromatic nitrogens is 2. The summed E-state index contributed by atoms with van der Waals surface area (Å²) in [5, 5.41) is 12.0. The Kier molecular flexibility index (Phi) is 1.98. The van der Waals surface area contributed by atoms with Crippen molar-refractivity contribution in [2.24, 2.45) is 0 Å². The lowest BCUT2D eigenvalue weighted by molar-refractivity contribution is 0.0686. The molecule has 0 fully saturated rings. The van der Waals surface area contributed by atoms with E-state index in [-0.39, 0.29) is 5.69 Å². The van der Waals surface area contributed by atoms with Gasteiger partial charge < -0.3 is 9.63 Å². The fourth-order valence-electron chi connectivity index (χ4n) is 1.03. The predicted molar refractivity (Wildman–Crippen MR) is 46.7 cm³/mol. The van der Waals surface area contributed by atoms with E-state index < -0.39 is 5.97 Å². The van der Waals surface area contributed by atoms with Gasteiger partial charge in [-0.15, -0.1) is 0 Å². The van der Waals surface area contributed by atoms with Crippen LogP contribution in [-0.4, -0.2) is 21.2 Å². The molecular formula is C9H6N2O3. The van der Waals surface area contributed by atoms with Gasteiger partial charge in [-0.1, -0.05) is 5.16 Å². The zero-order valence-electron chi connectivity index (χ0n) is 7.04. The quantitative estimate of drug-likeness (QED) is 0.775. The molecule has 0 spiro atoms. The summed E-state index contributed by atoms with van der Waals surface area (Å²) in [5.74, 6) is -0.682. The Labute approximate surface area is 79.0 Å². The molecule has 70 valence electrons. The van der Waals surface area contributed by atoms with E-state index in [1.807, 2.05) is 0 Å². The first kappa shape index (κ1) is 8.43. The topological polar surface area (TPSA) is 76.2 Å². The first-order chi connectivity index (χ1) is 6.77. The highest BCUT2D eigenvalue weighted by molar-refractivity contribution is 5.86. The van der Waals surface area contributed by atoms with E-state index in [4.69, 9.17) is 9.63 Å². The fraction of sp³-hybridized carbons (Fsp3) is 0. The first-order valence-electron chi connectivity index (χ1n) is 3.88. The second-order valence-electron chi connectivity index (χ2n) is 2.62. The Balaban J connectivity index is 2.39. The molecule has 0 radical (unpaired) electrons. The number of hydrogen-bond donors (Lipinski definition) is 1. The highest BCUT2D eigenvalue weighted by Crippen LogP contribution is 2.18. The van der Waals surface area contributed by atoms with Crippen LogP contribution in [0.15, 0.2) is 35.1 Å². The molecule has 2 aromatic heterocycles. The number of aromatic carboxylic acids is 1. The number of hydrogen-bond acceptors (Lipinski definition) is 4. The standard InChI is InChI=1S/C9H6N2O3/c12-9(13)7-5-8(14-11-7)6-1-3-10-4-2-6/h1-5H,(H,12,13). The van der Waals surface area contributed by atoms with Crippen molar-refractivity contribution in [3.8, 4) is 11.3 Å². The van der Waals surface area contributed by atoms with Gasteiger partial charge in [-0.05, 0) is 12.1 Å². The van der Waals surface area contributed by atoms with Gasteiger partial charge in [0.2, 0.25) is 0 Å². The van der Waals surface area contributed by atoms with E-state index in [9.17, 15) is 4.79 Å². The minimum Gasteiger partial charge on any atom is -0.476 e. The van der Waals surface area contributed by atoms with E-state index in [0.717, 1.165) is 5.56 Å². The summed E-state index contributed by atoms with van der Waals surface area (Å²) in [6.45, 7) is 0. The summed E-state index contributed by atoms with van der Waals surface area (Å²) in [4.78, 5) is 14.3. The monoisotopic (exact) mass is 190 g/mol. The summed E-state index contributed by atoms with van der Waals surface area (Å²) in [7, 11) is 0. The van der Waals surface area contributed by atoms with Gasteiger partial charge in [-0.3, -0.25) is 4.98 Å². The Hall–Kier alpha value is -2.17. The SMILES string of the molecule is O=C(O)c1cc(-c2ccncc2)on1. The van der Waals surface area contributed by atoms with Crippen molar-refractivity contribution in [3.63, 3.8) is 0 Å². The third kappa shape index (κ3) is 1.47. The van der Waals surface area contributed by atoms with Crippen molar-refractivity contribution in [2.75, 3.05) is 0 Å². The molecule has 0 aromatic carbocycles. The van der Waals surface area contributed by atoms with Gasteiger partial charge in [0.05, 0.1) is 0 Å². The minimum atomic E-state index is -1.10.